The molecule has 112 valence electrons. The molecule has 0 bridgehead atoms. The number of nitrogens with zero attached hydrogens (tertiary/aromatic N) is 1. The summed E-state index contributed by atoms with van der Waals surface area (Å²) >= 11 is 0. The summed E-state index contributed by atoms with van der Waals surface area (Å²) in [6.45, 7) is 12.6. The standard InChI is InChI=1S/C18H30N2/c1-5-11-20(13-18-7-6-10-19-18)16(4)17-9-8-14(2)15(3)12-17/h8-9,12,16,18-19H,5-7,10-11,13H2,1-4H3. The topological polar surface area (TPSA) is 15.3 Å². The molecule has 1 aliphatic rings. The van der Waals surface area contributed by atoms with Gasteiger partial charge in [-0.15, -0.1) is 0 Å². The maximum absolute atomic E-state index is 3.63. The summed E-state index contributed by atoms with van der Waals surface area (Å²) in [7, 11) is 0. The van der Waals surface area contributed by atoms with E-state index >= 15 is 0 Å². The smallest absolute Gasteiger partial charge is 0.0320 e. The van der Waals surface area contributed by atoms with Crippen LogP contribution in [-0.4, -0.2) is 30.6 Å². The Bertz CT molecular complexity index is 421. The summed E-state index contributed by atoms with van der Waals surface area (Å²) < 4.78 is 0. The number of rotatable bonds is 6. The zero-order valence-corrected chi connectivity index (χ0v) is 13.6. The van der Waals surface area contributed by atoms with Gasteiger partial charge in [0, 0.05) is 18.6 Å². The van der Waals surface area contributed by atoms with E-state index in [4.69, 9.17) is 0 Å². The Hall–Kier alpha value is -0.860. The Morgan fingerprint density at radius 2 is 2.10 bits per heavy atom. The van der Waals surface area contributed by atoms with Crippen LogP contribution in [-0.2, 0) is 0 Å². The second-order valence-corrected chi connectivity index (χ2v) is 6.31. The summed E-state index contributed by atoms with van der Waals surface area (Å²) in [6, 6.07) is 8.13. The molecule has 0 aromatic heterocycles. The number of benzene rings is 1. The lowest BCUT2D eigenvalue weighted by atomic mass is 10.0. The van der Waals surface area contributed by atoms with Gasteiger partial charge < -0.3 is 5.32 Å². The minimum absolute atomic E-state index is 0.511. The zero-order valence-electron chi connectivity index (χ0n) is 13.6. The molecule has 1 heterocycles. The van der Waals surface area contributed by atoms with Crippen LogP contribution in [0.2, 0.25) is 0 Å². The Labute approximate surface area is 124 Å². The molecular formula is C18H30N2. The number of hydrogen-bond acceptors (Lipinski definition) is 2. The largest absolute Gasteiger partial charge is 0.313 e. The van der Waals surface area contributed by atoms with Crippen molar-refractivity contribution >= 4 is 0 Å². The van der Waals surface area contributed by atoms with Crippen LogP contribution in [0.4, 0.5) is 0 Å². The van der Waals surface area contributed by atoms with Crippen molar-refractivity contribution in [2.75, 3.05) is 19.6 Å². The fraction of sp³-hybridized carbons (Fsp3) is 0.667. The van der Waals surface area contributed by atoms with Crippen LogP contribution in [0.1, 0.15) is 55.8 Å². The first-order valence-electron chi connectivity index (χ1n) is 8.16. The van der Waals surface area contributed by atoms with Gasteiger partial charge in [0.05, 0.1) is 0 Å². The average Bonchev–Trinajstić information content (AvgIpc) is 2.93. The van der Waals surface area contributed by atoms with Gasteiger partial charge >= 0.3 is 0 Å². The van der Waals surface area contributed by atoms with E-state index in [0.717, 1.165) is 0 Å². The van der Waals surface area contributed by atoms with Crippen LogP contribution in [0, 0.1) is 13.8 Å². The van der Waals surface area contributed by atoms with Crippen molar-refractivity contribution in [1.29, 1.82) is 0 Å². The highest BCUT2D eigenvalue weighted by atomic mass is 15.2. The Balaban J connectivity index is 2.07. The van der Waals surface area contributed by atoms with Crippen molar-refractivity contribution in [3.63, 3.8) is 0 Å². The monoisotopic (exact) mass is 274 g/mol. The molecule has 2 atom stereocenters. The Morgan fingerprint density at radius 1 is 1.30 bits per heavy atom. The van der Waals surface area contributed by atoms with Gasteiger partial charge in [0.1, 0.15) is 0 Å². The molecule has 0 radical (unpaired) electrons. The molecule has 2 heteroatoms. The van der Waals surface area contributed by atoms with E-state index in [1.54, 1.807) is 0 Å². The van der Waals surface area contributed by atoms with Crippen LogP contribution < -0.4 is 5.32 Å². The van der Waals surface area contributed by atoms with Crippen molar-refractivity contribution in [2.24, 2.45) is 0 Å². The molecular weight excluding hydrogens is 244 g/mol. The van der Waals surface area contributed by atoms with E-state index in [0.29, 0.717) is 12.1 Å². The van der Waals surface area contributed by atoms with E-state index in [9.17, 15) is 0 Å². The van der Waals surface area contributed by atoms with E-state index in [1.807, 2.05) is 0 Å². The van der Waals surface area contributed by atoms with Gasteiger partial charge in [0.25, 0.3) is 0 Å². The molecule has 20 heavy (non-hydrogen) atoms. The highest BCUT2D eigenvalue weighted by Gasteiger charge is 2.21. The number of aryl methyl sites for hydroxylation is 2. The quantitative estimate of drug-likeness (QED) is 0.848. The molecule has 2 rings (SSSR count). The second kappa shape index (κ2) is 7.24. The van der Waals surface area contributed by atoms with Crippen molar-refractivity contribution in [3.05, 3.63) is 34.9 Å². The van der Waals surface area contributed by atoms with Gasteiger partial charge in [-0.3, -0.25) is 4.90 Å². The summed E-state index contributed by atoms with van der Waals surface area (Å²) in [5.74, 6) is 0. The lowest BCUT2D eigenvalue weighted by molar-refractivity contribution is 0.192. The fourth-order valence-electron chi connectivity index (χ4n) is 3.16. The number of hydrogen-bond donors (Lipinski definition) is 1. The van der Waals surface area contributed by atoms with Gasteiger partial charge in [-0.1, -0.05) is 25.1 Å². The summed E-state index contributed by atoms with van der Waals surface area (Å²) in [6.07, 6.45) is 3.89. The van der Waals surface area contributed by atoms with Crippen molar-refractivity contribution in [2.45, 2.75) is 59.0 Å². The van der Waals surface area contributed by atoms with E-state index < -0.39 is 0 Å². The van der Waals surface area contributed by atoms with Crippen LogP contribution in [0.15, 0.2) is 18.2 Å². The van der Waals surface area contributed by atoms with Gasteiger partial charge in [-0.25, -0.2) is 0 Å². The average molecular weight is 274 g/mol. The highest BCUT2D eigenvalue weighted by molar-refractivity contribution is 5.31. The predicted octanol–water partition coefficient (Wildman–Crippen LogP) is 3.83. The Kier molecular flexibility index (Phi) is 5.62. The summed E-state index contributed by atoms with van der Waals surface area (Å²) in [5, 5.41) is 3.63. The molecule has 1 saturated heterocycles. The van der Waals surface area contributed by atoms with Crippen LogP contribution in [0.5, 0.6) is 0 Å². The molecule has 2 unspecified atom stereocenters. The third-order valence-corrected chi connectivity index (χ3v) is 4.69. The first-order valence-corrected chi connectivity index (χ1v) is 8.16. The van der Waals surface area contributed by atoms with Crippen molar-refractivity contribution in [3.8, 4) is 0 Å². The van der Waals surface area contributed by atoms with Crippen molar-refractivity contribution in [1.82, 2.24) is 10.2 Å². The molecule has 2 nitrogen and oxygen atoms in total. The van der Waals surface area contributed by atoms with E-state index in [-0.39, 0.29) is 0 Å². The second-order valence-electron chi connectivity index (χ2n) is 6.31. The maximum Gasteiger partial charge on any atom is 0.0320 e. The van der Waals surface area contributed by atoms with Crippen LogP contribution in [0.25, 0.3) is 0 Å². The summed E-state index contributed by atoms with van der Waals surface area (Å²) in [4.78, 5) is 2.65. The lowest BCUT2D eigenvalue weighted by Crippen LogP contribution is -2.39. The third-order valence-electron chi connectivity index (χ3n) is 4.69. The molecule has 0 spiro atoms. The van der Waals surface area contributed by atoms with E-state index in [2.05, 4.69) is 56.1 Å². The molecule has 0 amide bonds. The van der Waals surface area contributed by atoms with Gasteiger partial charge in [0.15, 0.2) is 0 Å². The fourth-order valence-corrected chi connectivity index (χ4v) is 3.16. The molecule has 1 aromatic carbocycles. The minimum Gasteiger partial charge on any atom is -0.313 e. The van der Waals surface area contributed by atoms with E-state index in [1.165, 1.54) is 55.6 Å². The lowest BCUT2D eigenvalue weighted by Gasteiger charge is -2.32. The summed E-state index contributed by atoms with van der Waals surface area (Å²) in [5.41, 5.74) is 4.25. The normalized spacial score (nSPS) is 20.6. The van der Waals surface area contributed by atoms with Crippen LogP contribution >= 0.6 is 0 Å². The van der Waals surface area contributed by atoms with Crippen molar-refractivity contribution < 1.29 is 0 Å². The maximum atomic E-state index is 3.63. The third kappa shape index (κ3) is 3.83. The predicted molar refractivity (Wildman–Crippen MR) is 87.2 cm³/mol. The van der Waals surface area contributed by atoms with Crippen LogP contribution in [0.3, 0.4) is 0 Å². The zero-order chi connectivity index (χ0) is 14.5. The van der Waals surface area contributed by atoms with Gasteiger partial charge in [-0.05, 0) is 69.8 Å². The molecule has 1 N–H and O–H groups in total. The molecule has 1 fully saturated rings. The first-order chi connectivity index (χ1) is 9.61. The SMILES string of the molecule is CCCN(CC1CCCN1)C(C)c1ccc(C)c(C)c1. The first kappa shape index (κ1) is 15.5. The molecule has 0 aliphatic carbocycles. The van der Waals surface area contributed by atoms with Gasteiger partial charge in [0.2, 0.25) is 0 Å². The minimum atomic E-state index is 0.511. The van der Waals surface area contributed by atoms with Gasteiger partial charge in [-0.2, -0.15) is 0 Å². The Morgan fingerprint density at radius 3 is 2.70 bits per heavy atom. The molecule has 1 aliphatic heterocycles. The number of nitrogens with one attached hydrogen (secondary N) is 1. The molecule has 0 saturated carbocycles. The highest BCUT2D eigenvalue weighted by Crippen LogP contribution is 2.24. The molecule has 1 aromatic rings.